The number of hydrogen-bond acceptors (Lipinski definition) is 4. The van der Waals surface area contributed by atoms with Crippen LogP contribution >= 0.6 is 0 Å². The number of ether oxygens (including phenoxy) is 1. The number of nitrogens with zero attached hydrogens (tertiary/aromatic N) is 1. The predicted molar refractivity (Wildman–Crippen MR) is 98.8 cm³/mol. The van der Waals surface area contributed by atoms with Gasteiger partial charge in [-0.15, -0.1) is 0 Å². The van der Waals surface area contributed by atoms with E-state index in [1.807, 2.05) is 25.1 Å². The summed E-state index contributed by atoms with van der Waals surface area (Å²) < 4.78 is 18.3. The molecule has 0 aliphatic carbocycles. The molecule has 7 heteroatoms. The molecule has 2 amide bonds. The lowest BCUT2D eigenvalue weighted by Crippen LogP contribution is -2.37. The second-order valence-corrected chi connectivity index (χ2v) is 5.86. The summed E-state index contributed by atoms with van der Waals surface area (Å²) in [6, 6.07) is 12.7. The van der Waals surface area contributed by atoms with Crippen LogP contribution in [0.2, 0.25) is 0 Å². The molecular formula is C20H21FN2O4. The van der Waals surface area contributed by atoms with Crippen LogP contribution in [0, 0.1) is 5.82 Å². The number of nitrogens with one attached hydrogen (secondary N) is 1. The standard InChI is InChI=1S/C20H21FN2O4/c1-3-14-8-4-7-11-17(14)22-18(24)12-23(2)19(25)13-27-20(26)15-9-5-6-10-16(15)21/h4-11H,3,12-13H2,1-2H3,(H,22,24). The van der Waals surface area contributed by atoms with E-state index in [-0.39, 0.29) is 18.0 Å². The first-order chi connectivity index (χ1) is 12.9. The smallest absolute Gasteiger partial charge is 0.341 e. The molecule has 2 aromatic rings. The summed E-state index contributed by atoms with van der Waals surface area (Å²) in [6.07, 6.45) is 0.761. The van der Waals surface area contributed by atoms with E-state index in [0.717, 1.165) is 23.0 Å². The lowest BCUT2D eigenvalue weighted by atomic mass is 10.1. The van der Waals surface area contributed by atoms with Crippen LogP contribution in [0.25, 0.3) is 0 Å². The van der Waals surface area contributed by atoms with Crippen LogP contribution in [0.5, 0.6) is 0 Å². The highest BCUT2D eigenvalue weighted by molar-refractivity contribution is 5.96. The van der Waals surface area contributed by atoms with Crippen molar-refractivity contribution in [2.24, 2.45) is 0 Å². The third-order valence-electron chi connectivity index (χ3n) is 3.90. The molecule has 0 saturated carbocycles. The van der Waals surface area contributed by atoms with Crippen LogP contribution in [0.4, 0.5) is 10.1 Å². The van der Waals surface area contributed by atoms with Crippen LogP contribution in [0.3, 0.4) is 0 Å². The summed E-state index contributed by atoms with van der Waals surface area (Å²) in [7, 11) is 1.42. The fourth-order valence-corrected chi connectivity index (χ4v) is 2.39. The minimum atomic E-state index is -0.934. The fourth-order valence-electron chi connectivity index (χ4n) is 2.39. The summed E-state index contributed by atoms with van der Waals surface area (Å²) in [5.74, 6) is -2.60. The van der Waals surface area contributed by atoms with E-state index in [1.165, 1.54) is 25.2 Å². The van der Waals surface area contributed by atoms with Gasteiger partial charge in [-0.3, -0.25) is 9.59 Å². The first-order valence-corrected chi connectivity index (χ1v) is 8.45. The van der Waals surface area contributed by atoms with E-state index in [0.29, 0.717) is 5.69 Å². The Hall–Kier alpha value is -3.22. The average molecular weight is 372 g/mol. The summed E-state index contributed by atoms with van der Waals surface area (Å²) >= 11 is 0. The van der Waals surface area contributed by atoms with Gasteiger partial charge >= 0.3 is 5.97 Å². The second-order valence-electron chi connectivity index (χ2n) is 5.86. The zero-order valence-electron chi connectivity index (χ0n) is 15.2. The van der Waals surface area contributed by atoms with E-state index in [4.69, 9.17) is 4.74 Å². The first-order valence-electron chi connectivity index (χ1n) is 8.45. The topological polar surface area (TPSA) is 75.7 Å². The number of halogens is 1. The SMILES string of the molecule is CCc1ccccc1NC(=O)CN(C)C(=O)COC(=O)c1ccccc1F. The molecule has 27 heavy (non-hydrogen) atoms. The van der Waals surface area contributed by atoms with Gasteiger partial charge in [0.15, 0.2) is 6.61 Å². The summed E-state index contributed by atoms with van der Waals surface area (Å²) in [6.45, 7) is 1.20. The minimum Gasteiger partial charge on any atom is -0.452 e. The molecule has 2 aromatic carbocycles. The molecule has 0 aromatic heterocycles. The number of aryl methyl sites for hydroxylation is 1. The normalized spacial score (nSPS) is 10.2. The highest BCUT2D eigenvalue weighted by Crippen LogP contribution is 2.15. The van der Waals surface area contributed by atoms with Gasteiger partial charge in [-0.05, 0) is 30.2 Å². The zero-order valence-corrected chi connectivity index (χ0v) is 15.2. The van der Waals surface area contributed by atoms with Gasteiger partial charge in [-0.25, -0.2) is 9.18 Å². The summed E-state index contributed by atoms with van der Waals surface area (Å²) in [5, 5.41) is 2.76. The number of carbonyl (C=O) groups is 3. The van der Waals surface area contributed by atoms with Crippen molar-refractivity contribution in [3.63, 3.8) is 0 Å². The van der Waals surface area contributed by atoms with Crippen LogP contribution in [0.1, 0.15) is 22.8 Å². The van der Waals surface area contributed by atoms with Crippen molar-refractivity contribution in [2.75, 3.05) is 25.5 Å². The molecule has 0 spiro atoms. The number of amides is 2. The monoisotopic (exact) mass is 372 g/mol. The Bertz CT molecular complexity index is 838. The van der Waals surface area contributed by atoms with Crippen molar-refractivity contribution in [1.29, 1.82) is 0 Å². The van der Waals surface area contributed by atoms with E-state index < -0.39 is 24.3 Å². The Labute approximate surface area is 156 Å². The number of rotatable bonds is 7. The number of hydrogen-bond donors (Lipinski definition) is 1. The maximum atomic E-state index is 13.5. The number of esters is 1. The van der Waals surface area contributed by atoms with Gasteiger partial charge in [0.05, 0.1) is 12.1 Å². The largest absolute Gasteiger partial charge is 0.452 e. The lowest BCUT2D eigenvalue weighted by Gasteiger charge is -2.17. The Balaban J connectivity index is 1.85. The second kappa shape index (κ2) is 9.47. The Morgan fingerprint density at radius 1 is 1.07 bits per heavy atom. The molecule has 0 aliphatic rings. The third-order valence-corrected chi connectivity index (χ3v) is 3.90. The van der Waals surface area contributed by atoms with Gasteiger partial charge in [0.2, 0.25) is 5.91 Å². The Kier molecular flexibility index (Phi) is 7.05. The molecule has 142 valence electrons. The van der Waals surface area contributed by atoms with Gasteiger partial charge in [0.25, 0.3) is 5.91 Å². The molecule has 0 bridgehead atoms. The predicted octanol–water partition coefficient (Wildman–Crippen LogP) is 2.64. The summed E-state index contributed by atoms with van der Waals surface area (Å²) in [5.41, 5.74) is 1.43. The van der Waals surface area contributed by atoms with Gasteiger partial charge in [-0.1, -0.05) is 37.3 Å². The number of likely N-dealkylation sites (N-methyl/N-ethyl adjacent to an activating group) is 1. The van der Waals surface area contributed by atoms with Crippen LogP contribution < -0.4 is 5.32 Å². The van der Waals surface area contributed by atoms with Crippen molar-refractivity contribution in [3.05, 3.63) is 65.5 Å². The maximum absolute atomic E-state index is 13.5. The van der Waals surface area contributed by atoms with E-state index >= 15 is 0 Å². The van der Waals surface area contributed by atoms with E-state index in [1.54, 1.807) is 6.07 Å². The summed E-state index contributed by atoms with van der Waals surface area (Å²) in [4.78, 5) is 37.1. The van der Waals surface area contributed by atoms with E-state index in [9.17, 15) is 18.8 Å². The van der Waals surface area contributed by atoms with Crippen molar-refractivity contribution >= 4 is 23.5 Å². The van der Waals surface area contributed by atoms with Gasteiger partial charge in [0.1, 0.15) is 5.82 Å². The molecule has 0 radical (unpaired) electrons. The van der Waals surface area contributed by atoms with Crippen LogP contribution in [-0.2, 0) is 20.7 Å². The molecule has 0 unspecified atom stereocenters. The molecule has 0 saturated heterocycles. The molecule has 1 N–H and O–H groups in total. The lowest BCUT2D eigenvalue weighted by molar-refractivity contribution is -0.136. The first kappa shape index (κ1) is 20.1. The van der Waals surface area contributed by atoms with Crippen molar-refractivity contribution in [3.8, 4) is 0 Å². The van der Waals surface area contributed by atoms with Gasteiger partial charge in [0, 0.05) is 12.7 Å². The molecule has 0 fully saturated rings. The number of carbonyl (C=O) groups excluding carboxylic acids is 3. The maximum Gasteiger partial charge on any atom is 0.341 e. The molecule has 0 heterocycles. The molecular weight excluding hydrogens is 351 g/mol. The van der Waals surface area contributed by atoms with E-state index in [2.05, 4.69) is 5.32 Å². The zero-order chi connectivity index (χ0) is 19.8. The van der Waals surface area contributed by atoms with Crippen LogP contribution in [0.15, 0.2) is 48.5 Å². The average Bonchev–Trinajstić information content (AvgIpc) is 2.66. The molecule has 6 nitrogen and oxygen atoms in total. The number of para-hydroxylation sites is 1. The van der Waals surface area contributed by atoms with Crippen LogP contribution in [-0.4, -0.2) is 42.9 Å². The molecule has 2 rings (SSSR count). The number of benzene rings is 2. The Morgan fingerprint density at radius 3 is 2.44 bits per heavy atom. The third kappa shape index (κ3) is 5.64. The van der Waals surface area contributed by atoms with Gasteiger partial charge in [-0.2, -0.15) is 0 Å². The molecule has 0 atom stereocenters. The highest BCUT2D eigenvalue weighted by atomic mass is 19.1. The van der Waals surface area contributed by atoms with Crippen molar-refractivity contribution < 1.29 is 23.5 Å². The fraction of sp³-hybridized carbons (Fsp3) is 0.250. The van der Waals surface area contributed by atoms with Gasteiger partial charge < -0.3 is 15.0 Å². The molecule has 0 aliphatic heterocycles. The minimum absolute atomic E-state index is 0.200. The quantitative estimate of drug-likeness (QED) is 0.758. The van der Waals surface area contributed by atoms with Crippen molar-refractivity contribution in [2.45, 2.75) is 13.3 Å². The Morgan fingerprint density at radius 2 is 1.74 bits per heavy atom. The number of anilines is 1. The van der Waals surface area contributed by atoms with Crippen molar-refractivity contribution in [1.82, 2.24) is 4.90 Å². The highest BCUT2D eigenvalue weighted by Gasteiger charge is 2.18.